The summed E-state index contributed by atoms with van der Waals surface area (Å²) in [5.74, 6) is 1.40. The summed E-state index contributed by atoms with van der Waals surface area (Å²) in [6, 6.07) is 12.3. The number of benzene rings is 2. The highest BCUT2D eigenvalue weighted by Gasteiger charge is 2.31. The van der Waals surface area contributed by atoms with E-state index in [0.717, 1.165) is 4.47 Å². The number of ether oxygens (including phenoxy) is 2. The average molecular weight is 437 g/mol. The monoisotopic (exact) mass is 436 g/mol. The lowest BCUT2D eigenvalue weighted by atomic mass is 10.1. The van der Waals surface area contributed by atoms with Crippen molar-refractivity contribution in [3.63, 3.8) is 0 Å². The number of nitrogens with one attached hydrogen (secondary N) is 1. The van der Waals surface area contributed by atoms with Crippen LogP contribution in [-0.4, -0.2) is 28.5 Å². The Morgan fingerprint density at radius 2 is 1.77 bits per heavy atom. The number of hydrogen-bond donors (Lipinski definition) is 1. The summed E-state index contributed by atoms with van der Waals surface area (Å²) in [6.07, 6.45) is 0. The molecule has 2 aromatic rings. The van der Waals surface area contributed by atoms with E-state index in [1.165, 1.54) is 7.11 Å². The molecule has 0 bridgehead atoms. The zero-order valence-corrected chi connectivity index (χ0v) is 16.8. The summed E-state index contributed by atoms with van der Waals surface area (Å²) in [5.41, 5.74) is 1.79. The molecule has 2 aromatic carbocycles. The molecule has 0 atom stereocenters. The Morgan fingerprint density at radius 1 is 1.04 bits per heavy atom. The first kappa shape index (κ1) is 18.5. The molecule has 1 aliphatic rings. The fraction of sp³-hybridized carbons (Fsp3) is 0.167. The zero-order valence-electron chi connectivity index (χ0n) is 14.4. The number of anilines is 1. The number of rotatable bonds is 4. The van der Waals surface area contributed by atoms with Crippen LogP contribution in [0, 0.1) is 0 Å². The molecule has 3 rings (SSSR count). The van der Waals surface area contributed by atoms with Crippen LogP contribution in [0.25, 0.3) is 4.91 Å². The summed E-state index contributed by atoms with van der Waals surface area (Å²) in [6.45, 7) is 1.73. The molecule has 0 unspecified atom stereocenters. The van der Waals surface area contributed by atoms with Gasteiger partial charge in [-0.3, -0.25) is 0 Å². The zero-order chi connectivity index (χ0) is 18.9. The van der Waals surface area contributed by atoms with E-state index in [2.05, 4.69) is 25.6 Å². The highest BCUT2D eigenvalue weighted by atomic mass is 79.9. The average Bonchev–Trinajstić information content (AvgIpc) is 2.83. The summed E-state index contributed by atoms with van der Waals surface area (Å²) in [7, 11) is -0.687. The van der Waals surface area contributed by atoms with Crippen molar-refractivity contribution in [3.8, 4) is 11.5 Å². The van der Waals surface area contributed by atoms with Gasteiger partial charge in [-0.25, -0.2) is 0 Å². The van der Waals surface area contributed by atoms with Crippen LogP contribution < -0.4 is 14.8 Å². The Hall–Kier alpha value is -2.32. The second kappa shape index (κ2) is 7.13. The first-order chi connectivity index (χ1) is 12.4. The van der Waals surface area contributed by atoms with Crippen LogP contribution in [0.2, 0.25) is 0 Å². The molecule has 0 spiro atoms. The molecular weight excluding hydrogens is 420 g/mol. The van der Waals surface area contributed by atoms with Crippen molar-refractivity contribution >= 4 is 42.4 Å². The van der Waals surface area contributed by atoms with Gasteiger partial charge in [-0.05, 0) is 36.8 Å². The first-order valence-corrected chi connectivity index (χ1v) is 9.90. The topological polar surface area (TPSA) is 77.0 Å². The molecule has 0 aromatic heterocycles. The van der Waals surface area contributed by atoms with Crippen LogP contribution in [0.4, 0.5) is 5.69 Å². The number of hydrogen-bond acceptors (Lipinski definition) is 5. The fourth-order valence-electron chi connectivity index (χ4n) is 2.70. The molecular formula is C18H17BrN2O4S. The third kappa shape index (κ3) is 3.47. The lowest BCUT2D eigenvalue weighted by Gasteiger charge is -2.11. The second-order valence-electron chi connectivity index (χ2n) is 5.57. The summed E-state index contributed by atoms with van der Waals surface area (Å²) < 4.78 is 40.3. The Balaban J connectivity index is 1.99. The maximum atomic E-state index is 12.6. The smallest absolute Gasteiger partial charge is 0.285 e. The third-order valence-corrected chi connectivity index (χ3v) is 5.87. The fourth-order valence-corrected chi connectivity index (χ4v) is 4.52. The molecule has 0 aliphatic carbocycles. The Labute approximate surface area is 160 Å². The van der Waals surface area contributed by atoms with Crippen LogP contribution >= 0.6 is 15.9 Å². The van der Waals surface area contributed by atoms with Gasteiger partial charge in [-0.15, -0.1) is 4.40 Å². The highest BCUT2D eigenvalue weighted by Crippen LogP contribution is 2.35. The minimum Gasteiger partial charge on any atom is -0.493 e. The summed E-state index contributed by atoms with van der Waals surface area (Å²) in [5, 5.41) is 3.05. The molecule has 136 valence electrons. The van der Waals surface area contributed by atoms with Crippen molar-refractivity contribution < 1.29 is 17.9 Å². The van der Waals surface area contributed by atoms with E-state index in [4.69, 9.17) is 9.47 Å². The van der Waals surface area contributed by atoms with Crippen LogP contribution in [0.15, 0.2) is 56.9 Å². The van der Waals surface area contributed by atoms with Crippen LogP contribution in [0.5, 0.6) is 11.5 Å². The molecule has 0 amide bonds. The van der Waals surface area contributed by atoms with E-state index >= 15 is 0 Å². The SMILES string of the molecule is COc1ccc(NC2=NS(=O)(=O)C(c3cccc(Br)c3)=C2C)cc1OC. The van der Waals surface area contributed by atoms with E-state index in [0.29, 0.717) is 28.3 Å². The Bertz CT molecular complexity index is 1030. The Kier molecular flexibility index (Phi) is 5.06. The van der Waals surface area contributed by atoms with Gasteiger partial charge >= 0.3 is 0 Å². The molecule has 0 saturated heterocycles. The standard InChI is InChI=1S/C18H17BrN2O4S/c1-11-17(12-5-4-6-13(19)9-12)26(22,23)21-18(11)20-14-7-8-15(24-2)16(10-14)25-3/h4-10H,1-3H3,(H,20,21). The van der Waals surface area contributed by atoms with E-state index in [1.807, 2.05) is 6.07 Å². The molecule has 1 aliphatic heterocycles. The molecule has 1 N–H and O–H groups in total. The third-order valence-electron chi connectivity index (χ3n) is 3.90. The highest BCUT2D eigenvalue weighted by molar-refractivity contribution is 9.10. The molecule has 6 nitrogen and oxygen atoms in total. The normalized spacial score (nSPS) is 15.6. The van der Waals surface area contributed by atoms with Gasteiger partial charge in [0.25, 0.3) is 10.0 Å². The van der Waals surface area contributed by atoms with Gasteiger partial charge in [0, 0.05) is 21.8 Å². The van der Waals surface area contributed by atoms with Crippen molar-refractivity contribution in [1.82, 2.24) is 0 Å². The van der Waals surface area contributed by atoms with Crippen LogP contribution in [0.3, 0.4) is 0 Å². The molecule has 0 radical (unpaired) electrons. The molecule has 0 fully saturated rings. The lowest BCUT2D eigenvalue weighted by molar-refractivity contribution is 0.355. The molecule has 0 saturated carbocycles. The predicted molar refractivity (Wildman–Crippen MR) is 106 cm³/mol. The summed E-state index contributed by atoms with van der Waals surface area (Å²) in [4.78, 5) is 0.196. The lowest BCUT2D eigenvalue weighted by Crippen LogP contribution is -2.11. The Morgan fingerprint density at radius 3 is 2.42 bits per heavy atom. The van der Waals surface area contributed by atoms with E-state index in [1.54, 1.807) is 50.4 Å². The van der Waals surface area contributed by atoms with Crippen molar-refractivity contribution in [3.05, 3.63) is 58.1 Å². The minimum atomic E-state index is -3.78. The predicted octanol–water partition coefficient (Wildman–Crippen LogP) is 4.05. The van der Waals surface area contributed by atoms with Gasteiger partial charge in [0.2, 0.25) is 0 Å². The number of nitrogens with zero attached hydrogens (tertiary/aromatic N) is 1. The minimum absolute atomic E-state index is 0.196. The molecule has 26 heavy (non-hydrogen) atoms. The molecule has 8 heteroatoms. The number of sulfonamides is 1. The second-order valence-corrected chi connectivity index (χ2v) is 8.03. The number of amidine groups is 1. The van der Waals surface area contributed by atoms with Gasteiger partial charge < -0.3 is 14.8 Å². The first-order valence-electron chi connectivity index (χ1n) is 7.67. The quantitative estimate of drug-likeness (QED) is 0.781. The van der Waals surface area contributed by atoms with E-state index in [9.17, 15) is 8.42 Å². The number of halogens is 1. The molecule has 1 heterocycles. The largest absolute Gasteiger partial charge is 0.493 e. The maximum Gasteiger partial charge on any atom is 0.285 e. The van der Waals surface area contributed by atoms with Gasteiger partial charge in [0.15, 0.2) is 11.5 Å². The van der Waals surface area contributed by atoms with Crippen molar-refractivity contribution in [2.24, 2.45) is 4.40 Å². The van der Waals surface area contributed by atoms with Crippen LogP contribution in [0.1, 0.15) is 12.5 Å². The van der Waals surface area contributed by atoms with Crippen molar-refractivity contribution in [1.29, 1.82) is 0 Å². The van der Waals surface area contributed by atoms with Gasteiger partial charge in [0.1, 0.15) is 10.7 Å². The van der Waals surface area contributed by atoms with Gasteiger partial charge in [-0.1, -0.05) is 28.1 Å². The van der Waals surface area contributed by atoms with Crippen molar-refractivity contribution in [2.45, 2.75) is 6.92 Å². The van der Waals surface area contributed by atoms with E-state index < -0.39 is 10.0 Å². The van der Waals surface area contributed by atoms with Crippen molar-refractivity contribution in [2.75, 3.05) is 19.5 Å². The van der Waals surface area contributed by atoms with Crippen LogP contribution in [-0.2, 0) is 10.0 Å². The van der Waals surface area contributed by atoms with Gasteiger partial charge in [0.05, 0.1) is 14.2 Å². The maximum absolute atomic E-state index is 12.6. The van der Waals surface area contributed by atoms with E-state index in [-0.39, 0.29) is 10.7 Å². The van der Waals surface area contributed by atoms with Gasteiger partial charge in [-0.2, -0.15) is 8.42 Å². The number of methoxy groups -OCH3 is 2. The summed E-state index contributed by atoms with van der Waals surface area (Å²) >= 11 is 3.37.